The Hall–Kier alpha value is -4.24. The van der Waals surface area contributed by atoms with Crippen molar-refractivity contribution in [3.8, 4) is 0 Å². The highest BCUT2D eigenvalue weighted by atomic mass is 16.4. The Morgan fingerprint density at radius 1 is 0.170 bits per heavy atom. The first kappa shape index (κ1) is 55.5. The van der Waals surface area contributed by atoms with Gasteiger partial charge in [0.05, 0.1) is 0 Å². The Kier molecular flexibility index (Phi) is 46.0. The van der Waals surface area contributed by atoms with E-state index in [0.29, 0.717) is 38.5 Å². The van der Waals surface area contributed by atoms with Crippen molar-refractivity contribution < 1.29 is 79.2 Å². The zero-order valence-electron chi connectivity index (χ0n) is 31.3. The first-order valence-electron chi connectivity index (χ1n) is 18.8. The molecule has 8 N–H and O–H groups in total. The maximum absolute atomic E-state index is 10.1. The van der Waals surface area contributed by atoms with Crippen molar-refractivity contribution >= 4 is 47.8 Å². The highest BCUT2D eigenvalue weighted by Gasteiger charge is 2.01. The number of aliphatic carboxylic acids is 8. The molecule has 0 rings (SSSR count). The molecule has 0 aliphatic rings. The fourth-order valence-electron chi connectivity index (χ4n) is 4.51. The van der Waals surface area contributed by atoms with Gasteiger partial charge in [-0.2, -0.15) is 0 Å². The molecule has 0 saturated carbocycles. The largest absolute Gasteiger partial charge is 0.481 e. The molecule has 310 valence electrons. The third-order valence-electron chi connectivity index (χ3n) is 7.38. The van der Waals surface area contributed by atoms with E-state index in [1.165, 1.54) is 0 Å². The van der Waals surface area contributed by atoms with Crippen LogP contribution in [0.15, 0.2) is 0 Å². The van der Waals surface area contributed by atoms with Gasteiger partial charge in [0.2, 0.25) is 0 Å². The Labute approximate surface area is 313 Å². The van der Waals surface area contributed by atoms with Crippen molar-refractivity contribution in [2.24, 2.45) is 0 Å². The van der Waals surface area contributed by atoms with Gasteiger partial charge >= 0.3 is 47.8 Å². The normalized spacial score (nSPS) is 9.89. The predicted octanol–water partition coefficient (Wildman–Crippen LogP) is 7.94. The summed E-state index contributed by atoms with van der Waals surface area (Å²) in [6.07, 6.45) is 19.4. The molecule has 0 amide bonds. The summed E-state index contributed by atoms with van der Waals surface area (Å²) in [7, 11) is 0. The zero-order chi connectivity index (χ0) is 41.1. The lowest BCUT2D eigenvalue weighted by Crippen LogP contribution is -1.95. The molecule has 16 heteroatoms. The molecule has 0 fully saturated rings. The van der Waals surface area contributed by atoms with Crippen LogP contribution in [-0.4, -0.2) is 88.6 Å². The van der Waals surface area contributed by atoms with Gasteiger partial charge in [-0.15, -0.1) is 0 Å². The molecule has 16 nitrogen and oxygen atoms in total. The summed E-state index contributed by atoms with van der Waals surface area (Å²) < 4.78 is 0. The summed E-state index contributed by atoms with van der Waals surface area (Å²) in [4.78, 5) is 80.9. The topological polar surface area (TPSA) is 298 Å². The molecule has 0 aliphatic carbocycles. The van der Waals surface area contributed by atoms with Crippen molar-refractivity contribution in [3.63, 3.8) is 0 Å². The smallest absolute Gasteiger partial charge is 0.303 e. The van der Waals surface area contributed by atoms with Gasteiger partial charge in [-0.25, -0.2) is 0 Å². The molecule has 0 unspecified atom stereocenters. The number of hydrogen-bond acceptors (Lipinski definition) is 8. The monoisotopic (exact) mass is 766 g/mol. The summed E-state index contributed by atoms with van der Waals surface area (Å²) in [6.45, 7) is 0. The van der Waals surface area contributed by atoms with Crippen LogP contribution in [0.1, 0.15) is 186 Å². The maximum Gasteiger partial charge on any atom is 0.303 e. The van der Waals surface area contributed by atoms with Crippen LogP contribution in [0, 0.1) is 0 Å². The number of hydrogen-bond donors (Lipinski definition) is 8. The van der Waals surface area contributed by atoms with Gasteiger partial charge in [-0.1, -0.05) is 83.5 Å². The lowest BCUT2D eigenvalue weighted by molar-refractivity contribution is -0.138. The minimum Gasteiger partial charge on any atom is -0.481 e. The van der Waals surface area contributed by atoms with E-state index in [-0.39, 0.29) is 51.4 Å². The molecular weight excluding hydrogens is 700 g/mol. The quantitative estimate of drug-likeness (QED) is 0.0294. The maximum atomic E-state index is 10.1. The van der Waals surface area contributed by atoms with Crippen molar-refractivity contribution in [1.82, 2.24) is 0 Å². The van der Waals surface area contributed by atoms with E-state index in [2.05, 4.69) is 0 Å². The van der Waals surface area contributed by atoms with Crippen molar-refractivity contribution in [3.05, 3.63) is 0 Å². The second kappa shape index (κ2) is 43.9. The minimum absolute atomic E-state index is 0.221. The first-order chi connectivity index (χ1) is 25.0. The Morgan fingerprint density at radius 2 is 0.245 bits per heavy atom. The van der Waals surface area contributed by atoms with E-state index in [0.717, 1.165) is 96.3 Å². The standard InChI is InChI=1S/C10H18O4.3C9H16O4/c11-9(12)7-5-3-1-2-4-6-8-10(13)14;3*10-8(11)6-4-2-1-3-5-7-9(12)13/h1-8H2,(H,11,12)(H,13,14);3*1-7H2,(H,10,11)(H,12,13). The number of carbonyl (C=O) groups is 8. The van der Waals surface area contributed by atoms with E-state index < -0.39 is 47.8 Å². The molecular formula is C37H66O16. The van der Waals surface area contributed by atoms with Crippen molar-refractivity contribution in [2.45, 2.75) is 186 Å². The molecule has 0 bridgehead atoms. The van der Waals surface area contributed by atoms with Crippen molar-refractivity contribution in [1.29, 1.82) is 0 Å². The fraction of sp³-hybridized carbons (Fsp3) is 0.784. The highest BCUT2D eigenvalue weighted by molar-refractivity contribution is 5.68. The number of carboxylic acids is 8. The molecule has 0 spiro atoms. The molecule has 0 aliphatic heterocycles. The molecule has 0 aromatic heterocycles. The third kappa shape index (κ3) is 74.0. The molecule has 0 aromatic carbocycles. The molecule has 0 saturated heterocycles. The van der Waals surface area contributed by atoms with Crippen LogP contribution < -0.4 is 0 Å². The van der Waals surface area contributed by atoms with Crippen LogP contribution in [0.4, 0.5) is 0 Å². The zero-order valence-corrected chi connectivity index (χ0v) is 31.3. The second-order valence-electron chi connectivity index (χ2n) is 12.6. The average Bonchev–Trinajstić information content (AvgIpc) is 3.04. The SMILES string of the molecule is O=C(O)CCCCCCCC(=O)O.O=C(O)CCCCCCCC(=O)O.O=C(O)CCCCCCCC(=O)O.O=C(O)CCCCCCCCC(=O)O. The number of unbranched alkanes of at least 4 members (excludes halogenated alkanes) is 17. The Morgan fingerprint density at radius 3 is 0.321 bits per heavy atom. The van der Waals surface area contributed by atoms with E-state index in [1.807, 2.05) is 0 Å². The van der Waals surface area contributed by atoms with Crippen LogP contribution in [0.25, 0.3) is 0 Å². The van der Waals surface area contributed by atoms with E-state index >= 15 is 0 Å². The summed E-state index contributed by atoms with van der Waals surface area (Å²) in [6, 6.07) is 0. The van der Waals surface area contributed by atoms with Crippen LogP contribution in [0.2, 0.25) is 0 Å². The highest BCUT2D eigenvalue weighted by Crippen LogP contribution is 2.10. The van der Waals surface area contributed by atoms with Crippen LogP contribution >= 0.6 is 0 Å². The Bertz CT molecular complexity index is 816. The molecule has 0 aromatic rings. The molecule has 0 radical (unpaired) electrons. The summed E-state index contributed by atoms with van der Waals surface area (Å²) in [5.74, 6) is -6.03. The van der Waals surface area contributed by atoms with Gasteiger partial charge in [0, 0.05) is 51.4 Å². The molecule has 0 atom stereocenters. The van der Waals surface area contributed by atoms with Gasteiger partial charge < -0.3 is 40.9 Å². The summed E-state index contributed by atoms with van der Waals surface area (Å²) in [5, 5.41) is 66.6. The second-order valence-corrected chi connectivity index (χ2v) is 12.6. The first-order valence-corrected chi connectivity index (χ1v) is 18.8. The fourth-order valence-corrected chi connectivity index (χ4v) is 4.51. The number of rotatable bonds is 33. The lowest BCUT2D eigenvalue weighted by atomic mass is 10.1. The predicted molar refractivity (Wildman–Crippen MR) is 195 cm³/mol. The minimum atomic E-state index is -0.759. The van der Waals surface area contributed by atoms with E-state index in [9.17, 15) is 38.4 Å². The molecule has 53 heavy (non-hydrogen) atoms. The van der Waals surface area contributed by atoms with Crippen LogP contribution in [0.3, 0.4) is 0 Å². The van der Waals surface area contributed by atoms with Gasteiger partial charge in [0.25, 0.3) is 0 Å². The van der Waals surface area contributed by atoms with Gasteiger partial charge in [0.1, 0.15) is 0 Å². The summed E-state index contributed by atoms with van der Waals surface area (Å²) >= 11 is 0. The lowest BCUT2D eigenvalue weighted by Gasteiger charge is -1.98. The third-order valence-corrected chi connectivity index (χ3v) is 7.38. The van der Waals surface area contributed by atoms with Crippen LogP contribution in [0.5, 0.6) is 0 Å². The van der Waals surface area contributed by atoms with Gasteiger partial charge in [-0.3, -0.25) is 38.4 Å². The van der Waals surface area contributed by atoms with Crippen LogP contribution in [-0.2, 0) is 38.4 Å². The van der Waals surface area contributed by atoms with E-state index in [1.54, 1.807) is 0 Å². The van der Waals surface area contributed by atoms with Gasteiger partial charge in [0.15, 0.2) is 0 Å². The van der Waals surface area contributed by atoms with Gasteiger partial charge in [-0.05, 0) is 51.4 Å². The molecule has 0 heterocycles. The van der Waals surface area contributed by atoms with E-state index in [4.69, 9.17) is 40.9 Å². The Balaban J connectivity index is -0.000000302. The van der Waals surface area contributed by atoms with Crippen molar-refractivity contribution in [2.75, 3.05) is 0 Å². The average molecular weight is 767 g/mol. The number of carboxylic acid groups (broad SMARTS) is 8. The summed E-state index contributed by atoms with van der Waals surface area (Å²) in [5.41, 5.74) is 0.